The molecule has 3 aliphatic rings. The van der Waals surface area contributed by atoms with E-state index in [-0.39, 0.29) is 0 Å². The van der Waals surface area contributed by atoms with Gasteiger partial charge in [0.05, 0.1) is 0 Å². The molecule has 176 valence electrons. The summed E-state index contributed by atoms with van der Waals surface area (Å²) in [6, 6.07) is 15.4. The van der Waals surface area contributed by atoms with Gasteiger partial charge in [0, 0.05) is 51.4 Å². The molecule has 0 aromatic heterocycles. The van der Waals surface area contributed by atoms with E-state index in [1.54, 1.807) is 11.1 Å². The van der Waals surface area contributed by atoms with Crippen molar-refractivity contribution in [3.8, 4) is 0 Å². The number of benzene rings is 2. The number of aryl methyl sites for hydroxylation is 1. The van der Waals surface area contributed by atoms with Crippen LogP contribution in [0, 0.1) is 0 Å². The molecule has 0 spiro atoms. The summed E-state index contributed by atoms with van der Waals surface area (Å²) in [7, 11) is 0. The Morgan fingerprint density at radius 2 is 1.45 bits per heavy atom. The van der Waals surface area contributed by atoms with Gasteiger partial charge in [0.15, 0.2) is 0 Å². The highest BCUT2D eigenvalue weighted by Crippen LogP contribution is 2.30. The van der Waals surface area contributed by atoms with Crippen LogP contribution in [-0.4, -0.2) is 48.4 Å². The summed E-state index contributed by atoms with van der Waals surface area (Å²) in [5.74, 6) is 0.321. The summed E-state index contributed by atoms with van der Waals surface area (Å²) in [6.45, 7) is 7.37. The van der Waals surface area contributed by atoms with E-state index in [9.17, 15) is 4.79 Å². The molecule has 5 rings (SSSR count). The zero-order chi connectivity index (χ0) is 22.5. The second kappa shape index (κ2) is 10.7. The molecule has 2 aliphatic heterocycles. The highest BCUT2D eigenvalue weighted by molar-refractivity contribution is 5.76. The third kappa shape index (κ3) is 5.43. The number of hydrogen-bond acceptors (Lipinski definition) is 3. The Morgan fingerprint density at radius 3 is 2.24 bits per heavy atom. The highest BCUT2D eigenvalue weighted by atomic mass is 16.2. The molecular formula is C29H39N3O. The van der Waals surface area contributed by atoms with Crippen LogP contribution in [0.15, 0.2) is 42.5 Å². The van der Waals surface area contributed by atoms with Crippen LogP contribution >= 0.6 is 0 Å². The van der Waals surface area contributed by atoms with Gasteiger partial charge < -0.3 is 9.80 Å². The molecule has 4 heteroatoms. The smallest absolute Gasteiger partial charge is 0.223 e. The fourth-order valence-corrected chi connectivity index (χ4v) is 5.90. The van der Waals surface area contributed by atoms with Crippen LogP contribution < -0.4 is 4.90 Å². The lowest BCUT2D eigenvalue weighted by molar-refractivity contribution is -0.131. The Labute approximate surface area is 199 Å². The van der Waals surface area contributed by atoms with Crippen LogP contribution in [0.2, 0.25) is 0 Å². The quantitative estimate of drug-likeness (QED) is 0.434. The maximum Gasteiger partial charge on any atom is 0.223 e. The predicted molar refractivity (Wildman–Crippen MR) is 136 cm³/mol. The van der Waals surface area contributed by atoms with Crippen LogP contribution in [0.25, 0.3) is 0 Å². The molecule has 2 aromatic rings. The van der Waals surface area contributed by atoms with Crippen LogP contribution in [0.5, 0.6) is 0 Å². The van der Waals surface area contributed by atoms with Crippen LogP contribution in [0.1, 0.15) is 67.2 Å². The number of hydrogen-bond donors (Lipinski definition) is 0. The Kier molecular flexibility index (Phi) is 7.30. The Bertz CT molecular complexity index is 923. The number of anilines is 1. The fraction of sp³-hybridized carbons (Fsp3) is 0.552. The summed E-state index contributed by atoms with van der Waals surface area (Å²) in [5, 5.41) is 0. The first-order chi connectivity index (χ1) is 16.3. The van der Waals surface area contributed by atoms with E-state index in [1.807, 2.05) is 4.90 Å². The van der Waals surface area contributed by atoms with Crippen molar-refractivity contribution in [1.29, 1.82) is 0 Å². The number of carbonyl (C=O) groups is 1. The molecule has 33 heavy (non-hydrogen) atoms. The Hall–Kier alpha value is -2.33. The van der Waals surface area contributed by atoms with Crippen molar-refractivity contribution in [2.24, 2.45) is 0 Å². The van der Waals surface area contributed by atoms with Crippen LogP contribution in [-0.2, 0) is 30.7 Å². The summed E-state index contributed by atoms with van der Waals surface area (Å²) in [4.78, 5) is 19.9. The maximum absolute atomic E-state index is 12.6. The van der Waals surface area contributed by atoms with Crippen molar-refractivity contribution in [2.75, 3.05) is 37.6 Å². The van der Waals surface area contributed by atoms with E-state index in [4.69, 9.17) is 0 Å². The zero-order valence-corrected chi connectivity index (χ0v) is 20.1. The largest absolute Gasteiger partial charge is 0.369 e. The summed E-state index contributed by atoms with van der Waals surface area (Å²) in [5.41, 5.74) is 7.37. The van der Waals surface area contributed by atoms with E-state index in [2.05, 4.69) is 52.3 Å². The van der Waals surface area contributed by atoms with Gasteiger partial charge >= 0.3 is 0 Å². The van der Waals surface area contributed by atoms with Gasteiger partial charge in [-0.2, -0.15) is 0 Å². The van der Waals surface area contributed by atoms with Gasteiger partial charge in [-0.3, -0.25) is 9.69 Å². The van der Waals surface area contributed by atoms with Gasteiger partial charge in [0.2, 0.25) is 5.91 Å². The first-order valence-electron chi connectivity index (χ1n) is 13.2. The molecule has 1 saturated heterocycles. The lowest BCUT2D eigenvalue weighted by Gasteiger charge is -2.37. The van der Waals surface area contributed by atoms with E-state index in [0.29, 0.717) is 12.3 Å². The predicted octanol–water partition coefficient (Wildman–Crippen LogP) is 5.18. The lowest BCUT2D eigenvalue weighted by atomic mass is 9.99. The zero-order valence-electron chi connectivity index (χ0n) is 20.1. The molecule has 1 aliphatic carbocycles. The minimum Gasteiger partial charge on any atom is -0.369 e. The molecule has 1 fully saturated rings. The van der Waals surface area contributed by atoms with Gasteiger partial charge in [0.25, 0.3) is 0 Å². The fourth-order valence-electron chi connectivity index (χ4n) is 5.90. The SMILES string of the molecule is O=C(CCCCCN1CCN(c2cccc3c2CCCCC3)CC1)N1Cc2ccccc2C1. The minimum atomic E-state index is 0.321. The highest BCUT2D eigenvalue weighted by Gasteiger charge is 2.23. The normalized spacial score (nSPS) is 18.7. The summed E-state index contributed by atoms with van der Waals surface area (Å²) in [6.07, 6.45) is 10.7. The molecule has 4 nitrogen and oxygen atoms in total. The molecule has 0 saturated carbocycles. The standard InChI is InChI=1S/C29H39N3O/c33-29(32-22-25-11-6-7-12-26(25)23-32)16-5-2-8-17-30-18-20-31(21-19-30)28-15-9-13-24-10-3-1-4-14-27(24)28/h6-7,9,11-13,15H,1-5,8,10,14,16-23H2. The van der Waals surface area contributed by atoms with Crippen LogP contribution in [0.4, 0.5) is 5.69 Å². The average molecular weight is 446 g/mol. The summed E-state index contributed by atoms with van der Waals surface area (Å²) >= 11 is 0. The van der Waals surface area contributed by atoms with Crippen molar-refractivity contribution in [2.45, 2.75) is 70.9 Å². The minimum absolute atomic E-state index is 0.321. The van der Waals surface area contributed by atoms with E-state index >= 15 is 0 Å². The van der Waals surface area contributed by atoms with E-state index < -0.39 is 0 Å². The number of nitrogens with zero attached hydrogens (tertiary/aromatic N) is 3. The van der Waals surface area contributed by atoms with Crippen molar-refractivity contribution in [1.82, 2.24) is 9.80 Å². The average Bonchev–Trinajstić information content (AvgIpc) is 3.14. The monoisotopic (exact) mass is 445 g/mol. The molecule has 0 bridgehead atoms. The molecule has 0 unspecified atom stereocenters. The van der Waals surface area contributed by atoms with Crippen molar-refractivity contribution < 1.29 is 4.79 Å². The molecule has 2 heterocycles. The number of rotatable bonds is 7. The topological polar surface area (TPSA) is 26.8 Å². The Balaban J connectivity index is 1.00. The third-order valence-corrected chi connectivity index (χ3v) is 7.89. The molecular weight excluding hydrogens is 406 g/mol. The van der Waals surface area contributed by atoms with Gasteiger partial charge in [-0.15, -0.1) is 0 Å². The van der Waals surface area contributed by atoms with Crippen molar-refractivity contribution >= 4 is 11.6 Å². The summed E-state index contributed by atoms with van der Waals surface area (Å²) < 4.78 is 0. The van der Waals surface area contributed by atoms with Gasteiger partial charge in [-0.1, -0.05) is 49.2 Å². The number of fused-ring (bicyclic) bond motifs is 2. The number of carbonyl (C=O) groups excluding carboxylic acids is 1. The maximum atomic E-state index is 12.6. The van der Waals surface area contributed by atoms with Crippen molar-refractivity contribution in [3.05, 3.63) is 64.7 Å². The lowest BCUT2D eigenvalue weighted by Crippen LogP contribution is -2.47. The molecule has 0 N–H and O–H groups in total. The number of unbranched alkanes of at least 4 members (excludes halogenated alkanes) is 2. The van der Waals surface area contributed by atoms with Crippen LogP contribution in [0.3, 0.4) is 0 Å². The van der Waals surface area contributed by atoms with Gasteiger partial charge in [-0.25, -0.2) is 0 Å². The third-order valence-electron chi connectivity index (χ3n) is 7.89. The number of piperazine rings is 1. The molecule has 0 atom stereocenters. The first kappa shape index (κ1) is 22.5. The molecule has 1 amide bonds. The van der Waals surface area contributed by atoms with E-state index in [1.165, 1.54) is 61.9 Å². The second-order valence-corrected chi connectivity index (χ2v) is 10.1. The Morgan fingerprint density at radius 1 is 0.727 bits per heavy atom. The van der Waals surface area contributed by atoms with E-state index in [0.717, 1.165) is 52.1 Å². The second-order valence-electron chi connectivity index (χ2n) is 10.1. The molecule has 2 aromatic carbocycles. The molecule has 0 radical (unpaired) electrons. The van der Waals surface area contributed by atoms with Gasteiger partial charge in [0.1, 0.15) is 0 Å². The first-order valence-corrected chi connectivity index (χ1v) is 13.2. The van der Waals surface area contributed by atoms with Gasteiger partial charge in [-0.05, 0) is 73.4 Å². The van der Waals surface area contributed by atoms with Crippen molar-refractivity contribution in [3.63, 3.8) is 0 Å². The number of amides is 1.